The van der Waals surface area contributed by atoms with Crippen LogP contribution < -0.4 is 10.6 Å². The number of hydrogen-bond acceptors (Lipinski definition) is 4. The first kappa shape index (κ1) is 23.1. The van der Waals surface area contributed by atoms with Gasteiger partial charge in [0, 0.05) is 32.4 Å². The Labute approximate surface area is 227 Å². The van der Waals surface area contributed by atoms with Gasteiger partial charge in [-0.1, -0.05) is 63.9 Å². The third kappa shape index (κ3) is 2.62. The van der Waals surface area contributed by atoms with Crippen LogP contribution in [0.15, 0.2) is 65.1 Å². The zero-order valence-electron chi connectivity index (χ0n) is 20.0. The molecular weight excluding hydrogens is 554 g/mol. The molecule has 6 nitrogen and oxygen atoms in total. The highest BCUT2D eigenvalue weighted by atomic mass is 79.9. The molecular formula is C29H23BrClN3O3. The molecule has 2 amide bonds. The summed E-state index contributed by atoms with van der Waals surface area (Å²) in [5, 5.41) is 6.70. The minimum absolute atomic E-state index is 0.125. The third-order valence-corrected chi connectivity index (χ3v) is 9.82. The minimum Gasteiger partial charge on any atom is -0.325 e. The highest BCUT2D eigenvalue weighted by molar-refractivity contribution is 9.10. The van der Waals surface area contributed by atoms with E-state index >= 15 is 0 Å². The van der Waals surface area contributed by atoms with E-state index in [0.717, 1.165) is 22.9 Å². The van der Waals surface area contributed by atoms with Crippen molar-refractivity contribution in [3.8, 4) is 0 Å². The number of benzene rings is 3. The summed E-state index contributed by atoms with van der Waals surface area (Å²) in [5.41, 5.74) is 1.14. The van der Waals surface area contributed by atoms with Crippen LogP contribution in [0.2, 0.25) is 5.02 Å². The Morgan fingerprint density at radius 3 is 2.54 bits per heavy atom. The van der Waals surface area contributed by atoms with Gasteiger partial charge in [-0.2, -0.15) is 0 Å². The van der Waals surface area contributed by atoms with Gasteiger partial charge >= 0.3 is 0 Å². The van der Waals surface area contributed by atoms with Crippen molar-refractivity contribution in [3.63, 3.8) is 0 Å². The molecule has 186 valence electrons. The van der Waals surface area contributed by atoms with Crippen LogP contribution in [-0.2, 0) is 20.5 Å². The fraction of sp³-hybridized carbons (Fsp3) is 0.276. The Hall–Kier alpha value is -3.00. The molecule has 4 heterocycles. The van der Waals surface area contributed by atoms with Crippen LogP contribution in [0.3, 0.4) is 0 Å². The molecule has 2 saturated heterocycles. The summed E-state index contributed by atoms with van der Waals surface area (Å²) in [7, 11) is 0. The molecule has 4 aliphatic rings. The monoisotopic (exact) mass is 575 g/mol. The van der Waals surface area contributed by atoms with Gasteiger partial charge < -0.3 is 10.6 Å². The number of anilines is 2. The summed E-state index contributed by atoms with van der Waals surface area (Å²) in [5.74, 6) is -1.47. The lowest BCUT2D eigenvalue weighted by molar-refractivity contribution is -0.137. The van der Waals surface area contributed by atoms with Crippen molar-refractivity contribution in [2.45, 2.75) is 36.8 Å². The van der Waals surface area contributed by atoms with Gasteiger partial charge in [0.2, 0.25) is 5.91 Å². The molecule has 4 aliphatic heterocycles. The van der Waals surface area contributed by atoms with E-state index in [-0.39, 0.29) is 23.6 Å². The van der Waals surface area contributed by atoms with E-state index in [2.05, 4.69) is 31.5 Å². The summed E-state index contributed by atoms with van der Waals surface area (Å²) < 4.78 is 0.865. The number of Topliss-reactive ketones (excluding diaryl/α,β-unsaturated/α-hetero) is 1. The Morgan fingerprint density at radius 1 is 1.00 bits per heavy atom. The van der Waals surface area contributed by atoms with Crippen molar-refractivity contribution in [2.24, 2.45) is 5.92 Å². The lowest BCUT2D eigenvalue weighted by Gasteiger charge is -2.43. The largest absolute Gasteiger partial charge is 0.325 e. The average Bonchev–Trinajstić information content (AvgIpc) is 3.61. The summed E-state index contributed by atoms with van der Waals surface area (Å²) in [4.78, 5) is 45.6. The van der Waals surface area contributed by atoms with Crippen molar-refractivity contribution in [3.05, 3.63) is 92.4 Å². The number of carbonyl (C=O) groups is 3. The second kappa shape index (κ2) is 7.76. The number of amides is 2. The predicted octanol–water partition coefficient (Wildman–Crippen LogP) is 5.43. The molecule has 2 fully saturated rings. The average molecular weight is 577 g/mol. The maximum Gasteiger partial charge on any atom is 0.251 e. The second-order valence-electron chi connectivity index (χ2n) is 10.3. The summed E-state index contributed by atoms with van der Waals surface area (Å²) in [6, 6.07) is 18.1. The number of ketones is 1. The molecule has 0 saturated carbocycles. The molecule has 3 aromatic carbocycles. The maximum atomic E-state index is 14.5. The van der Waals surface area contributed by atoms with Gasteiger partial charge in [-0.25, -0.2) is 0 Å². The summed E-state index contributed by atoms with van der Waals surface area (Å²) in [6.07, 6.45) is 1.56. The summed E-state index contributed by atoms with van der Waals surface area (Å²) in [6.45, 7) is 2.48. The van der Waals surface area contributed by atoms with Gasteiger partial charge in [0.25, 0.3) is 5.91 Å². The lowest BCUT2D eigenvalue weighted by Crippen LogP contribution is -2.62. The van der Waals surface area contributed by atoms with Crippen molar-refractivity contribution in [1.29, 1.82) is 0 Å². The molecule has 0 aliphatic carbocycles. The molecule has 3 aromatic rings. The van der Waals surface area contributed by atoms with Gasteiger partial charge in [0.05, 0.1) is 11.6 Å². The number of halogens is 2. The molecule has 0 radical (unpaired) electrons. The van der Waals surface area contributed by atoms with E-state index in [4.69, 9.17) is 11.6 Å². The molecule has 4 unspecified atom stereocenters. The lowest BCUT2D eigenvalue weighted by atomic mass is 9.57. The van der Waals surface area contributed by atoms with E-state index in [0.29, 0.717) is 39.6 Å². The maximum absolute atomic E-state index is 14.5. The molecule has 8 heteroatoms. The van der Waals surface area contributed by atoms with Gasteiger partial charge in [0.15, 0.2) is 5.78 Å². The van der Waals surface area contributed by atoms with E-state index in [9.17, 15) is 14.4 Å². The molecule has 0 aromatic heterocycles. The van der Waals surface area contributed by atoms with Crippen molar-refractivity contribution in [2.75, 3.05) is 17.2 Å². The van der Waals surface area contributed by atoms with Crippen molar-refractivity contribution < 1.29 is 14.4 Å². The standard InChI is InChI=1S/C29H23BrClN3O3/c1-15-20(31)13-12-19-24(15)33-27(37)29(19)28(18-5-2-3-6-21(18)32-26(28)36)23(22-7-4-14-34(22)29)25(35)16-8-10-17(30)11-9-16/h2-3,5-6,8-13,22-23H,4,7,14H2,1H3,(H,32,36)(H,33,37). The Morgan fingerprint density at radius 2 is 1.76 bits per heavy atom. The SMILES string of the molecule is Cc1c(Cl)ccc2c1NC(=O)C21N2CCCC2C(C(=O)c2ccc(Br)cc2)C12C(=O)Nc1ccccc12. The van der Waals surface area contributed by atoms with Gasteiger partial charge in [-0.05, 0) is 61.7 Å². The Kier molecular flexibility index (Phi) is 4.85. The zero-order chi connectivity index (χ0) is 25.7. The molecule has 37 heavy (non-hydrogen) atoms. The quantitative estimate of drug-likeness (QED) is 0.399. The van der Waals surface area contributed by atoms with Crippen LogP contribution in [0, 0.1) is 12.8 Å². The molecule has 7 rings (SSSR count). The first-order chi connectivity index (χ1) is 17.8. The third-order valence-electron chi connectivity index (χ3n) is 8.88. The van der Waals surface area contributed by atoms with Gasteiger partial charge in [-0.3, -0.25) is 19.3 Å². The molecule has 0 bridgehead atoms. The number of para-hydroxylation sites is 1. The van der Waals surface area contributed by atoms with Crippen LogP contribution in [0.1, 0.15) is 39.9 Å². The number of hydrogen-bond donors (Lipinski definition) is 2. The number of nitrogens with one attached hydrogen (secondary N) is 2. The Balaban J connectivity index is 1.59. The number of rotatable bonds is 2. The molecule has 2 N–H and O–H groups in total. The van der Waals surface area contributed by atoms with Crippen LogP contribution in [0.25, 0.3) is 0 Å². The van der Waals surface area contributed by atoms with Crippen LogP contribution in [0.4, 0.5) is 11.4 Å². The predicted molar refractivity (Wildman–Crippen MR) is 145 cm³/mol. The molecule has 4 atom stereocenters. The van der Waals surface area contributed by atoms with Crippen molar-refractivity contribution >= 4 is 56.5 Å². The smallest absolute Gasteiger partial charge is 0.251 e. The van der Waals surface area contributed by atoms with Crippen LogP contribution >= 0.6 is 27.5 Å². The number of carbonyl (C=O) groups excluding carboxylic acids is 3. The van der Waals surface area contributed by atoms with E-state index < -0.39 is 16.9 Å². The van der Waals surface area contributed by atoms with E-state index in [1.807, 2.05) is 49.4 Å². The first-order valence-corrected chi connectivity index (χ1v) is 13.6. The fourth-order valence-corrected chi connectivity index (χ4v) is 7.98. The van der Waals surface area contributed by atoms with Crippen molar-refractivity contribution in [1.82, 2.24) is 4.90 Å². The van der Waals surface area contributed by atoms with E-state index in [1.165, 1.54) is 0 Å². The summed E-state index contributed by atoms with van der Waals surface area (Å²) >= 11 is 9.93. The number of fused-ring (bicyclic) bond motifs is 7. The molecule has 2 spiro atoms. The van der Waals surface area contributed by atoms with Gasteiger partial charge in [0.1, 0.15) is 11.0 Å². The van der Waals surface area contributed by atoms with Gasteiger partial charge in [-0.15, -0.1) is 0 Å². The normalized spacial score (nSPS) is 29.4. The van der Waals surface area contributed by atoms with Crippen LogP contribution in [0.5, 0.6) is 0 Å². The topological polar surface area (TPSA) is 78.5 Å². The highest BCUT2D eigenvalue weighted by Gasteiger charge is 2.81. The fourth-order valence-electron chi connectivity index (χ4n) is 7.56. The van der Waals surface area contributed by atoms with Crippen LogP contribution in [-0.4, -0.2) is 35.1 Å². The second-order valence-corrected chi connectivity index (χ2v) is 11.6. The number of nitrogens with zero attached hydrogens (tertiary/aromatic N) is 1. The Bertz CT molecular complexity index is 1540. The minimum atomic E-state index is -1.45. The zero-order valence-corrected chi connectivity index (χ0v) is 22.3. The highest BCUT2D eigenvalue weighted by Crippen LogP contribution is 2.68. The van der Waals surface area contributed by atoms with E-state index in [1.54, 1.807) is 18.2 Å². The first-order valence-electron chi connectivity index (χ1n) is 12.4.